The summed E-state index contributed by atoms with van der Waals surface area (Å²) in [5, 5.41) is 38.8. The second-order valence-electron chi connectivity index (χ2n) is 5.80. The third-order valence-electron chi connectivity index (χ3n) is 4.27. The fraction of sp³-hybridized carbons (Fsp3) is 0.263. The average Bonchev–Trinajstić information content (AvgIpc) is 2.99. The lowest BCUT2D eigenvalue weighted by Gasteiger charge is -2.18. The number of aliphatic hydroxyl groups excluding tert-OH is 2. The lowest BCUT2D eigenvalue weighted by atomic mass is 9.90. The number of benzene rings is 2. The number of phenols is 2. The van der Waals surface area contributed by atoms with Crippen LogP contribution in [0.3, 0.4) is 0 Å². The van der Waals surface area contributed by atoms with E-state index in [1.165, 1.54) is 13.2 Å². The summed E-state index contributed by atoms with van der Waals surface area (Å²) in [6.07, 6.45) is 2.73. The van der Waals surface area contributed by atoms with Gasteiger partial charge in [0.1, 0.15) is 6.10 Å². The van der Waals surface area contributed by atoms with Crippen LogP contribution in [0, 0.1) is 0 Å². The SMILES string of the molecule is COc1cc([C@H]2Oc3c(O)cc(C=CCO)cc3[C@@H]2CO)ccc1O. The number of hydrogen-bond donors (Lipinski definition) is 4. The van der Waals surface area contributed by atoms with Crippen molar-refractivity contribution in [2.45, 2.75) is 12.0 Å². The van der Waals surface area contributed by atoms with E-state index >= 15 is 0 Å². The van der Waals surface area contributed by atoms with Gasteiger partial charge in [-0.05, 0) is 35.4 Å². The van der Waals surface area contributed by atoms with Gasteiger partial charge in [0, 0.05) is 5.56 Å². The fourth-order valence-electron chi connectivity index (χ4n) is 3.08. The Kier molecular flexibility index (Phi) is 4.83. The van der Waals surface area contributed by atoms with E-state index in [0.717, 1.165) is 5.56 Å². The Bertz CT molecular complexity index is 799. The van der Waals surface area contributed by atoms with Gasteiger partial charge in [-0.2, -0.15) is 0 Å². The van der Waals surface area contributed by atoms with Crippen LogP contribution in [0.15, 0.2) is 36.4 Å². The first-order valence-corrected chi connectivity index (χ1v) is 7.87. The van der Waals surface area contributed by atoms with Gasteiger partial charge in [-0.25, -0.2) is 0 Å². The van der Waals surface area contributed by atoms with Crippen LogP contribution < -0.4 is 9.47 Å². The molecule has 6 heteroatoms. The Morgan fingerprint density at radius 1 is 1.12 bits per heavy atom. The molecule has 0 amide bonds. The molecule has 0 fully saturated rings. The molecule has 0 aromatic heterocycles. The van der Waals surface area contributed by atoms with E-state index in [4.69, 9.17) is 14.6 Å². The lowest BCUT2D eigenvalue weighted by Crippen LogP contribution is -2.13. The minimum atomic E-state index is -0.516. The summed E-state index contributed by atoms with van der Waals surface area (Å²) in [5.74, 6) is 0.253. The van der Waals surface area contributed by atoms with Crippen LogP contribution in [0.25, 0.3) is 6.08 Å². The summed E-state index contributed by atoms with van der Waals surface area (Å²) in [6, 6.07) is 8.21. The first kappa shape index (κ1) is 17.1. The summed E-state index contributed by atoms with van der Waals surface area (Å²) >= 11 is 0. The largest absolute Gasteiger partial charge is 0.504 e. The number of methoxy groups -OCH3 is 1. The third kappa shape index (κ3) is 3.14. The van der Waals surface area contributed by atoms with E-state index < -0.39 is 6.10 Å². The number of aromatic hydroxyl groups is 2. The zero-order valence-corrected chi connectivity index (χ0v) is 13.7. The highest BCUT2D eigenvalue weighted by Crippen LogP contribution is 2.51. The number of ether oxygens (including phenoxy) is 2. The normalized spacial score (nSPS) is 19.0. The summed E-state index contributed by atoms with van der Waals surface area (Å²) in [4.78, 5) is 0. The number of phenolic OH excluding ortho intramolecular Hbond substituents is 2. The summed E-state index contributed by atoms with van der Waals surface area (Å²) in [5.41, 5.74) is 2.12. The van der Waals surface area contributed by atoms with Gasteiger partial charge in [0.2, 0.25) is 0 Å². The van der Waals surface area contributed by atoms with Crippen molar-refractivity contribution in [3.05, 3.63) is 53.1 Å². The Hall–Kier alpha value is -2.70. The Morgan fingerprint density at radius 3 is 2.60 bits per heavy atom. The molecule has 0 saturated carbocycles. The van der Waals surface area contributed by atoms with Gasteiger partial charge >= 0.3 is 0 Å². The number of aliphatic hydroxyl groups is 2. The van der Waals surface area contributed by atoms with E-state index in [0.29, 0.717) is 22.6 Å². The molecule has 1 aliphatic heterocycles. The molecule has 0 spiro atoms. The highest BCUT2D eigenvalue weighted by atomic mass is 16.5. The molecule has 1 heterocycles. The van der Waals surface area contributed by atoms with E-state index in [1.807, 2.05) is 6.07 Å². The van der Waals surface area contributed by atoms with E-state index in [9.17, 15) is 15.3 Å². The zero-order chi connectivity index (χ0) is 18.0. The quantitative estimate of drug-likeness (QED) is 0.664. The number of hydrogen-bond acceptors (Lipinski definition) is 6. The first-order chi connectivity index (χ1) is 12.1. The van der Waals surface area contributed by atoms with Crippen LogP contribution in [0.1, 0.15) is 28.7 Å². The van der Waals surface area contributed by atoms with Crippen LogP contribution in [0.5, 0.6) is 23.0 Å². The van der Waals surface area contributed by atoms with Gasteiger partial charge in [0.15, 0.2) is 23.0 Å². The Labute approximate surface area is 145 Å². The summed E-state index contributed by atoms with van der Waals surface area (Å²) in [6.45, 7) is -0.277. The number of fused-ring (bicyclic) bond motifs is 1. The molecule has 0 radical (unpaired) electrons. The molecular formula is C19H20O6. The molecule has 6 nitrogen and oxygen atoms in total. The predicted molar refractivity (Wildman–Crippen MR) is 92.1 cm³/mol. The maximum atomic E-state index is 10.3. The van der Waals surface area contributed by atoms with Crippen LogP contribution in [0.4, 0.5) is 0 Å². The monoisotopic (exact) mass is 344 g/mol. The minimum absolute atomic E-state index is 0.0154. The van der Waals surface area contributed by atoms with E-state index in [2.05, 4.69) is 0 Å². The van der Waals surface area contributed by atoms with Gasteiger partial charge in [-0.1, -0.05) is 18.2 Å². The highest BCUT2D eigenvalue weighted by molar-refractivity contribution is 5.62. The fourth-order valence-corrected chi connectivity index (χ4v) is 3.08. The standard InChI is InChI=1S/C19H20O6/c1-24-17-9-12(4-5-15(17)22)18-14(10-21)13-7-11(3-2-6-20)8-16(23)19(13)25-18/h2-5,7-9,14,18,20-23H,6,10H2,1H3/t14-,18+/m0/s1. The second-order valence-corrected chi connectivity index (χ2v) is 5.80. The van der Waals surface area contributed by atoms with Crippen molar-refractivity contribution in [1.29, 1.82) is 0 Å². The molecule has 0 bridgehead atoms. The average molecular weight is 344 g/mol. The molecule has 25 heavy (non-hydrogen) atoms. The zero-order valence-electron chi connectivity index (χ0n) is 13.7. The van der Waals surface area contributed by atoms with Gasteiger partial charge in [-0.3, -0.25) is 0 Å². The van der Waals surface area contributed by atoms with Crippen LogP contribution in [-0.2, 0) is 0 Å². The maximum Gasteiger partial charge on any atom is 0.165 e. The van der Waals surface area contributed by atoms with Gasteiger partial charge in [0.05, 0.1) is 26.2 Å². The molecule has 2 aromatic rings. The van der Waals surface area contributed by atoms with Crippen molar-refractivity contribution in [3.8, 4) is 23.0 Å². The molecular weight excluding hydrogens is 324 g/mol. The molecule has 1 aliphatic rings. The topological polar surface area (TPSA) is 99.4 Å². The Morgan fingerprint density at radius 2 is 1.92 bits per heavy atom. The smallest absolute Gasteiger partial charge is 0.165 e. The predicted octanol–water partition coefficient (Wildman–Crippen LogP) is 2.32. The van der Waals surface area contributed by atoms with Gasteiger partial charge < -0.3 is 29.9 Å². The minimum Gasteiger partial charge on any atom is -0.504 e. The summed E-state index contributed by atoms with van der Waals surface area (Å²) in [7, 11) is 1.46. The molecule has 4 N–H and O–H groups in total. The van der Waals surface area contributed by atoms with Crippen LogP contribution >= 0.6 is 0 Å². The molecule has 132 valence electrons. The Balaban J connectivity index is 2.01. The summed E-state index contributed by atoms with van der Waals surface area (Å²) < 4.78 is 11.0. The van der Waals surface area contributed by atoms with Crippen molar-refractivity contribution in [2.75, 3.05) is 20.3 Å². The number of rotatable bonds is 5. The molecule has 0 saturated heterocycles. The van der Waals surface area contributed by atoms with E-state index in [-0.39, 0.29) is 30.6 Å². The first-order valence-electron chi connectivity index (χ1n) is 7.87. The van der Waals surface area contributed by atoms with Gasteiger partial charge in [0.25, 0.3) is 0 Å². The van der Waals surface area contributed by atoms with Gasteiger partial charge in [-0.15, -0.1) is 0 Å². The lowest BCUT2D eigenvalue weighted by molar-refractivity contribution is 0.157. The molecule has 0 aliphatic carbocycles. The highest BCUT2D eigenvalue weighted by Gasteiger charge is 2.37. The molecule has 0 unspecified atom stereocenters. The maximum absolute atomic E-state index is 10.3. The van der Waals surface area contributed by atoms with Crippen molar-refractivity contribution in [1.82, 2.24) is 0 Å². The van der Waals surface area contributed by atoms with Crippen molar-refractivity contribution in [3.63, 3.8) is 0 Å². The van der Waals surface area contributed by atoms with Crippen molar-refractivity contribution >= 4 is 6.08 Å². The van der Waals surface area contributed by atoms with Crippen molar-refractivity contribution < 1.29 is 29.9 Å². The third-order valence-corrected chi connectivity index (χ3v) is 4.27. The second kappa shape index (κ2) is 7.04. The molecule has 3 rings (SSSR count). The molecule has 2 atom stereocenters. The van der Waals surface area contributed by atoms with Crippen LogP contribution in [-0.4, -0.2) is 40.7 Å². The molecule has 2 aromatic carbocycles. The van der Waals surface area contributed by atoms with Crippen LogP contribution in [0.2, 0.25) is 0 Å². The van der Waals surface area contributed by atoms with Crippen molar-refractivity contribution in [2.24, 2.45) is 0 Å². The van der Waals surface area contributed by atoms with E-state index in [1.54, 1.807) is 30.4 Å².